The van der Waals surface area contributed by atoms with Crippen molar-refractivity contribution < 1.29 is 9.32 Å². The normalized spacial score (nSPS) is 18.8. The maximum Gasteiger partial charge on any atom is 0.231 e. The fraction of sp³-hybridized carbons (Fsp3) is 0.400. The van der Waals surface area contributed by atoms with Crippen molar-refractivity contribution in [1.29, 1.82) is 0 Å². The van der Waals surface area contributed by atoms with Crippen molar-refractivity contribution in [3.05, 3.63) is 35.2 Å². The fourth-order valence-electron chi connectivity index (χ4n) is 2.58. The molecule has 2 heterocycles. The molecular formula is C15H16ClN3O2. The predicted molar refractivity (Wildman–Crippen MR) is 79.0 cm³/mol. The van der Waals surface area contributed by atoms with Crippen molar-refractivity contribution in [2.45, 2.75) is 25.7 Å². The Balaban J connectivity index is 1.78. The third-order valence-corrected chi connectivity index (χ3v) is 4.01. The van der Waals surface area contributed by atoms with Gasteiger partial charge in [0.25, 0.3) is 0 Å². The number of halogens is 1. The number of aromatic nitrogens is 2. The molecule has 21 heavy (non-hydrogen) atoms. The fourth-order valence-corrected chi connectivity index (χ4v) is 2.71. The number of piperidine rings is 1. The van der Waals surface area contributed by atoms with Crippen LogP contribution in [0.25, 0.3) is 11.4 Å². The molecule has 1 aromatic carbocycles. The van der Waals surface area contributed by atoms with Crippen molar-refractivity contribution in [2.75, 3.05) is 13.1 Å². The Morgan fingerprint density at radius 2 is 2.14 bits per heavy atom. The quantitative estimate of drug-likeness (QED) is 0.855. The molecule has 0 unspecified atom stereocenters. The van der Waals surface area contributed by atoms with Gasteiger partial charge in [0, 0.05) is 30.6 Å². The van der Waals surface area contributed by atoms with Gasteiger partial charge in [-0.3, -0.25) is 4.79 Å². The third kappa shape index (κ3) is 3.08. The zero-order chi connectivity index (χ0) is 14.8. The molecule has 0 spiro atoms. The number of nitrogens with zero attached hydrogens (tertiary/aromatic N) is 3. The van der Waals surface area contributed by atoms with E-state index < -0.39 is 0 Å². The molecule has 1 aliphatic rings. The monoisotopic (exact) mass is 305 g/mol. The van der Waals surface area contributed by atoms with Gasteiger partial charge in [-0.05, 0) is 37.1 Å². The van der Waals surface area contributed by atoms with Crippen LogP contribution in [0.2, 0.25) is 5.02 Å². The highest BCUT2D eigenvalue weighted by Crippen LogP contribution is 2.27. The van der Waals surface area contributed by atoms with Gasteiger partial charge >= 0.3 is 0 Å². The van der Waals surface area contributed by atoms with Crippen LogP contribution in [0.3, 0.4) is 0 Å². The van der Waals surface area contributed by atoms with E-state index in [1.807, 2.05) is 17.0 Å². The largest absolute Gasteiger partial charge is 0.342 e. The van der Waals surface area contributed by atoms with E-state index in [0.29, 0.717) is 23.3 Å². The zero-order valence-electron chi connectivity index (χ0n) is 11.8. The molecule has 1 atom stereocenters. The maximum atomic E-state index is 11.5. The summed E-state index contributed by atoms with van der Waals surface area (Å²) in [4.78, 5) is 17.8. The molecule has 2 aromatic rings. The lowest BCUT2D eigenvalue weighted by atomic mass is 9.98. The van der Waals surface area contributed by atoms with Crippen LogP contribution in [0.4, 0.5) is 0 Å². The Morgan fingerprint density at radius 3 is 2.86 bits per heavy atom. The minimum Gasteiger partial charge on any atom is -0.342 e. The summed E-state index contributed by atoms with van der Waals surface area (Å²) in [5, 5.41) is 4.70. The standard InChI is InChI=1S/C15H16ClN3O2/c1-10(20)19-8-2-3-12(9-19)15-17-14(18-21-15)11-4-6-13(16)7-5-11/h4-7,12H,2-3,8-9H2,1H3/t12-/m0/s1. The van der Waals surface area contributed by atoms with Crippen LogP contribution in [0.1, 0.15) is 31.6 Å². The molecule has 1 aromatic heterocycles. The molecule has 0 aliphatic carbocycles. The molecule has 0 radical (unpaired) electrons. The summed E-state index contributed by atoms with van der Waals surface area (Å²) < 4.78 is 5.38. The molecule has 1 amide bonds. The van der Waals surface area contributed by atoms with E-state index in [4.69, 9.17) is 16.1 Å². The van der Waals surface area contributed by atoms with Gasteiger partial charge in [0.05, 0.1) is 5.92 Å². The summed E-state index contributed by atoms with van der Waals surface area (Å²) in [6.07, 6.45) is 1.93. The molecule has 6 heteroatoms. The highest BCUT2D eigenvalue weighted by atomic mass is 35.5. The minimum atomic E-state index is 0.0946. The number of amides is 1. The number of hydrogen-bond donors (Lipinski definition) is 0. The molecular weight excluding hydrogens is 290 g/mol. The molecule has 1 saturated heterocycles. The van der Waals surface area contributed by atoms with Gasteiger partial charge in [0.2, 0.25) is 17.6 Å². The van der Waals surface area contributed by atoms with Gasteiger partial charge in [0.15, 0.2) is 0 Å². The van der Waals surface area contributed by atoms with Gasteiger partial charge in [-0.1, -0.05) is 16.8 Å². The van der Waals surface area contributed by atoms with E-state index in [9.17, 15) is 4.79 Å². The van der Waals surface area contributed by atoms with Crippen LogP contribution in [0.15, 0.2) is 28.8 Å². The highest BCUT2D eigenvalue weighted by Gasteiger charge is 2.27. The first-order valence-electron chi connectivity index (χ1n) is 6.98. The topological polar surface area (TPSA) is 59.2 Å². The lowest BCUT2D eigenvalue weighted by Gasteiger charge is -2.29. The van der Waals surface area contributed by atoms with E-state index in [2.05, 4.69) is 10.1 Å². The molecule has 1 aliphatic heterocycles. The van der Waals surface area contributed by atoms with Gasteiger partial charge in [-0.25, -0.2) is 0 Å². The molecule has 0 N–H and O–H groups in total. The average Bonchev–Trinajstić information content (AvgIpc) is 2.98. The Kier molecular flexibility index (Phi) is 3.92. The van der Waals surface area contributed by atoms with E-state index in [-0.39, 0.29) is 11.8 Å². The number of carbonyl (C=O) groups is 1. The van der Waals surface area contributed by atoms with Crippen LogP contribution in [0.5, 0.6) is 0 Å². The first-order chi connectivity index (χ1) is 10.1. The molecule has 5 nitrogen and oxygen atoms in total. The first kappa shape index (κ1) is 14.1. The molecule has 3 rings (SSSR count). The van der Waals surface area contributed by atoms with E-state index in [0.717, 1.165) is 24.9 Å². The number of hydrogen-bond acceptors (Lipinski definition) is 4. The van der Waals surface area contributed by atoms with Crippen LogP contribution >= 0.6 is 11.6 Å². The number of rotatable bonds is 2. The third-order valence-electron chi connectivity index (χ3n) is 3.76. The van der Waals surface area contributed by atoms with Gasteiger partial charge in [-0.2, -0.15) is 4.98 Å². The lowest BCUT2D eigenvalue weighted by Crippen LogP contribution is -2.37. The summed E-state index contributed by atoms with van der Waals surface area (Å²) in [6.45, 7) is 3.05. The summed E-state index contributed by atoms with van der Waals surface area (Å²) in [5.74, 6) is 1.38. The smallest absolute Gasteiger partial charge is 0.231 e. The van der Waals surface area contributed by atoms with Gasteiger partial charge < -0.3 is 9.42 Å². The van der Waals surface area contributed by atoms with Crippen molar-refractivity contribution in [2.24, 2.45) is 0 Å². The summed E-state index contributed by atoms with van der Waals surface area (Å²) in [6, 6.07) is 7.31. The number of carbonyl (C=O) groups excluding carboxylic acids is 1. The molecule has 110 valence electrons. The highest BCUT2D eigenvalue weighted by molar-refractivity contribution is 6.30. The van der Waals surface area contributed by atoms with Crippen molar-refractivity contribution in [1.82, 2.24) is 15.0 Å². The van der Waals surface area contributed by atoms with E-state index in [1.54, 1.807) is 19.1 Å². The Labute approximate surface area is 127 Å². The van der Waals surface area contributed by atoms with Crippen molar-refractivity contribution >= 4 is 17.5 Å². The Hall–Kier alpha value is -1.88. The SMILES string of the molecule is CC(=O)N1CCC[C@H](c2nc(-c3ccc(Cl)cc3)no2)C1. The van der Waals surface area contributed by atoms with Gasteiger partial charge in [0.1, 0.15) is 0 Å². The van der Waals surface area contributed by atoms with Crippen LogP contribution in [0, 0.1) is 0 Å². The van der Waals surface area contributed by atoms with Crippen LogP contribution in [-0.2, 0) is 4.79 Å². The lowest BCUT2D eigenvalue weighted by molar-refractivity contribution is -0.130. The maximum absolute atomic E-state index is 11.5. The Bertz CT molecular complexity index is 639. The van der Waals surface area contributed by atoms with Crippen molar-refractivity contribution in [3.63, 3.8) is 0 Å². The minimum absolute atomic E-state index is 0.0946. The van der Waals surface area contributed by atoms with E-state index >= 15 is 0 Å². The van der Waals surface area contributed by atoms with Crippen LogP contribution in [-0.4, -0.2) is 34.0 Å². The second kappa shape index (κ2) is 5.85. The first-order valence-corrected chi connectivity index (χ1v) is 7.36. The zero-order valence-corrected chi connectivity index (χ0v) is 12.5. The average molecular weight is 306 g/mol. The number of benzene rings is 1. The molecule has 1 fully saturated rings. The second-order valence-corrected chi connectivity index (χ2v) is 5.70. The van der Waals surface area contributed by atoms with Crippen LogP contribution < -0.4 is 0 Å². The van der Waals surface area contributed by atoms with E-state index in [1.165, 1.54) is 0 Å². The predicted octanol–water partition coefficient (Wildman–Crippen LogP) is 3.12. The van der Waals surface area contributed by atoms with Crippen molar-refractivity contribution in [3.8, 4) is 11.4 Å². The molecule has 0 bridgehead atoms. The van der Waals surface area contributed by atoms with Gasteiger partial charge in [-0.15, -0.1) is 0 Å². The second-order valence-electron chi connectivity index (χ2n) is 5.27. The number of likely N-dealkylation sites (tertiary alicyclic amines) is 1. The molecule has 0 saturated carbocycles. The summed E-state index contributed by atoms with van der Waals surface area (Å²) in [5.41, 5.74) is 0.869. The summed E-state index contributed by atoms with van der Waals surface area (Å²) in [7, 11) is 0. The Morgan fingerprint density at radius 1 is 1.38 bits per heavy atom. The summed E-state index contributed by atoms with van der Waals surface area (Å²) >= 11 is 5.87.